The summed E-state index contributed by atoms with van der Waals surface area (Å²) in [6, 6.07) is 12.3. The van der Waals surface area contributed by atoms with Gasteiger partial charge in [-0.3, -0.25) is 4.79 Å². The number of sulfone groups is 1. The van der Waals surface area contributed by atoms with E-state index in [9.17, 15) is 13.2 Å². The molecular weight excluding hydrogens is 388 g/mol. The molecule has 3 rings (SSSR count). The van der Waals surface area contributed by atoms with Crippen LogP contribution in [-0.4, -0.2) is 30.9 Å². The van der Waals surface area contributed by atoms with Crippen molar-refractivity contribution in [2.75, 3.05) is 12.0 Å². The van der Waals surface area contributed by atoms with E-state index in [1.807, 2.05) is 30.0 Å². The normalized spacial score (nSPS) is 12.7. The second-order valence-electron chi connectivity index (χ2n) is 5.59. The van der Waals surface area contributed by atoms with E-state index in [1.54, 1.807) is 30.8 Å². The van der Waals surface area contributed by atoms with Crippen LogP contribution >= 0.6 is 23.1 Å². The smallest absolute Gasteiger partial charge is 0.280 e. The van der Waals surface area contributed by atoms with Crippen molar-refractivity contribution in [3.63, 3.8) is 0 Å². The number of fused-ring (bicyclic) bond motifs is 1. The zero-order valence-electron chi connectivity index (χ0n) is 14.6. The van der Waals surface area contributed by atoms with E-state index in [2.05, 4.69) is 11.1 Å². The minimum absolute atomic E-state index is 0.0321. The van der Waals surface area contributed by atoms with Crippen molar-refractivity contribution in [1.29, 1.82) is 0 Å². The Labute approximate surface area is 160 Å². The summed E-state index contributed by atoms with van der Waals surface area (Å²) in [4.78, 5) is 18.6. The van der Waals surface area contributed by atoms with Gasteiger partial charge in [0, 0.05) is 11.9 Å². The Morgan fingerprint density at radius 1 is 1.23 bits per heavy atom. The second kappa shape index (κ2) is 7.38. The molecule has 0 aliphatic heterocycles. The van der Waals surface area contributed by atoms with Crippen LogP contribution in [0.2, 0.25) is 0 Å². The van der Waals surface area contributed by atoms with Crippen LogP contribution in [0.25, 0.3) is 10.2 Å². The average Bonchev–Trinajstić information content (AvgIpc) is 2.96. The molecule has 0 radical (unpaired) electrons. The number of carbonyl (C=O) groups is 1. The van der Waals surface area contributed by atoms with E-state index in [-0.39, 0.29) is 16.2 Å². The minimum Gasteiger partial charge on any atom is -0.319 e. The van der Waals surface area contributed by atoms with Crippen molar-refractivity contribution >= 4 is 49.1 Å². The summed E-state index contributed by atoms with van der Waals surface area (Å²) in [5.41, 5.74) is 1.09. The number of benzene rings is 2. The van der Waals surface area contributed by atoms with Crippen LogP contribution < -0.4 is 4.80 Å². The maximum Gasteiger partial charge on any atom is 0.280 e. The van der Waals surface area contributed by atoms with Crippen LogP contribution in [-0.2, 0) is 16.9 Å². The van der Waals surface area contributed by atoms with Gasteiger partial charge in [-0.2, -0.15) is 4.99 Å². The number of amides is 1. The number of nitrogens with zero attached hydrogens (tertiary/aromatic N) is 2. The van der Waals surface area contributed by atoms with Gasteiger partial charge in [-0.1, -0.05) is 30.4 Å². The third-order valence-electron chi connectivity index (χ3n) is 4.05. The van der Waals surface area contributed by atoms with Crippen molar-refractivity contribution in [1.82, 2.24) is 4.57 Å². The van der Waals surface area contributed by atoms with Crippen molar-refractivity contribution in [2.45, 2.75) is 16.7 Å². The molecular formula is C18H18N2O3S3. The van der Waals surface area contributed by atoms with Gasteiger partial charge in [0.2, 0.25) is 0 Å². The molecule has 8 heteroatoms. The molecule has 0 spiro atoms. The molecule has 0 aliphatic rings. The molecule has 3 aromatic rings. The Balaban J connectivity index is 2.14. The molecule has 0 saturated carbocycles. The second-order valence-corrected chi connectivity index (χ2v) is 9.73. The SMILES string of the molecule is CCS(=O)(=O)c1ccccc1C(=O)N=c1sc2cc(SC)ccc2n1C. The van der Waals surface area contributed by atoms with E-state index in [1.165, 1.54) is 23.5 Å². The highest BCUT2D eigenvalue weighted by atomic mass is 32.2. The van der Waals surface area contributed by atoms with Crippen LogP contribution in [0.15, 0.2) is 57.2 Å². The van der Waals surface area contributed by atoms with Crippen LogP contribution in [0.4, 0.5) is 0 Å². The highest BCUT2D eigenvalue weighted by Crippen LogP contribution is 2.24. The van der Waals surface area contributed by atoms with Crippen LogP contribution in [0.5, 0.6) is 0 Å². The number of thiazole rings is 1. The maximum absolute atomic E-state index is 12.7. The number of thioether (sulfide) groups is 1. The van der Waals surface area contributed by atoms with Gasteiger partial charge in [-0.15, -0.1) is 11.8 Å². The van der Waals surface area contributed by atoms with Gasteiger partial charge >= 0.3 is 0 Å². The van der Waals surface area contributed by atoms with Gasteiger partial charge in [-0.25, -0.2) is 8.42 Å². The molecule has 1 aromatic heterocycles. The van der Waals surface area contributed by atoms with Crippen molar-refractivity contribution < 1.29 is 13.2 Å². The molecule has 0 atom stereocenters. The molecule has 1 heterocycles. The Morgan fingerprint density at radius 2 is 1.96 bits per heavy atom. The molecule has 0 aliphatic carbocycles. The Morgan fingerprint density at radius 3 is 2.65 bits per heavy atom. The highest BCUT2D eigenvalue weighted by Gasteiger charge is 2.20. The summed E-state index contributed by atoms with van der Waals surface area (Å²) in [6.07, 6.45) is 2.01. The maximum atomic E-state index is 12.7. The first-order valence-electron chi connectivity index (χ1n) is 7.92. The molecule has 5 nitrogen and oxygen atoms in total. The zero-order chi connectivity index (χ0) is 18.9. The van der Waals surface area contributed by atoms with E-state index in [0.717, 1.165) is 15.1 Å². The predicted molar refractivity (Wildman–Crippen MR) is 107 cm³/mol. The lowest BCUT2D eigenvalue weighted by atomic mass is 10.2. The topological polar surface area (TPSA) is 68.5 Å². The predicted octanol–water partition coefficient (Wildman–Crippen LogP) is 3.50. The third-order valence-corrected chi connectivity index (χ3v) is 7.65. The van der Waals surface area contributed by atoms with Crippen LogP contribution in [0.3, 0.4) is 0 Å². The fraction of sp³-hybridized carbons (Fsp3) is 0.222. The highest BCUT2D eigenvalue weighted by molar-refractivity contribution is 7.98. The Bertz CT molecular complexity index is 1160. The summed E-state index contributed by atoms with van der Waals surface area (Å²) < 4.78 is 27.4. The van der Waals surface area contributed by atoms with Gasteiger partial charge in [-0.05, 0) is 36.6 Å². The van der Waals surface area contributed by atoms with E-state index in [4.69, 9.17) is 0 Å². The minimum atomic E-state index is -3.50. The molecule has 0 N–H and O–H groups in total. The number of carbonyl (C=O) groups excluding carboxylic acids is 1. The summed E-state index contributed by atoms with van der Waals surface area (Å²) in [5, 5.41) is 0. The fourth-order valence-electron chi connectivity index (χ4n) is 2.57. The van der Waals surface area contributed by atoms with Crippen molar-refractivity contribution in [3.05, 3.63) is 52.8 Å². The first kappa shape index (κ1) is 18.9. The first-order valence-corrected chi connectivity index (χ1v) is 11.6. The van der Waals surface area contributed by atoms with Gasteiger partial charge in [0.05, 0.1) is 26.4 Å². The molecule has 1 amide bonds. The lowest BCUT2D eigenvalue weighted by Gasteiger charge is -2.05. The summed E-state index contributed by atoms with van der Waals surface area (Å²) in [6.45, 7) is 1.56. The fourth-order valence-corrected chi connectivity index (χ4v) is 5.22. The number of rotatable bonds is 4. The summed E-state index contributed by atoms with van der Waals surface area (Å²) in [5.74, 6) is -0.615. The molecule has 0 saturated heterocycles. The number of hydrogen-bond acceptors (Lipinski definition) is 5. The largest absolute Gasteiger partial charge is 0.319 e. The third kappa shape index (κ3) is 3.49. The zero-order valence-corrected chi connectivity index (χ0v) is 17.0. The molecule has 0 fully saturated rings. The lowest BCUT2D eigenvalue weighted by Crippen LogP contribution is -2.15. The summed E-state index contributed by atoms with van der Waals surface area (Å²) >= 11 is 3.06. The van der Waals surface area contributed by atoms with Crippen LogP contribution in [0.1, 0.15) is 17.3 Å². The monoisotopic (exact) mass is 406 g/mol. The molecule has 26 heavy (non-hydrogen) atoms. The van der Waals surface area contributed by atoms with Crippen LogP contribution in [0, 0.1) is 0 Å². The Hall–Kier alpha value is -1.90. The number of aromatic nitrogens is 1. The van der Waals surface area contributed by atoms with E-state index >= 15 is 0 Å². The van der Waals surface area contributed by atoms with E-state index < -0.39 is 15.7 Å². The molecule has 2 aromatic carbocycles. The Kier molecular flexibility index (Phi) is 5.36. The summed E-state index contributed by atoms with van der Waals surface area (Å²) in [7, 11) is -1.65. The molecule has 0 bridgehead atoms. The quantitative estimate of drug-likeness (QED) is 0.622. The van der Waals surface area contributed by atoms with Crippen molar-refractivity contribution in [3.8, 4) is 0 Å². The van der Waals surface area contributed by atoms with Crippen molar-refractivity contribution in [2.24, 2.45) is 12.0 Å². The average molecular weight is 407 g/mol. The molecule has 0 unspecified atom stereocenters. The first-order chi connectivity index (χ1) is 12.4. The standard InChI is InChI=1S/C18H18N2O3S3/c1-4-26(22,23)16-8-6-5-7-13(16)17(21)19-18-20(2)14-10-9-12(24-3)11-15(14)25-18/h5-11H,4H2,1-3H3. The molecule has 136 valence electrons. The van der Waals surface area contributed by atoms with E-state index in [0.29, 0.717) is 4.80 Å². The van der Waals surface area contributed by atoms with Gasteiger partial charge < -0.3 is 4.57 Å². The van der Waals surface area contributed by atoms with Gasteiger partial charge in [0.1, 0.15) is 0 Å². The number of aryl methyl sites for hydroxylation is 1. The number of hydrogen-bond donors (Lipinski definition) is 0. The van der Waals surface area contributed by atoms with Gasteiger partial charge in [0.15, 0.2) is 14.6 Å². The lowest BCUT2D eigenvalue weighted by molar-refractivity contribution is 0.0995. The van der Waals surface area contributed by atoms with Gasteiger partial charge in [0.25, 0.3) is 5.91 Å².